The highest BCUT2D eigenvalue weighted by atomic mass is 15.0. The summed E-state index contributed by atoms with van der Waals surface area (Å²) in [6.45, 7) is 10.4. The molecule has 1 aromatic carbocycles. The quantitative estimate of drug-likeness (QED) is 0.893. The second kappa shape index (κ2) is 5.00. The van der Waals surface area contributed by atoms with Crippen LogP contribution >= 0.6 is 0 Å². The van der Waals surface area contributed by atoms with Gasteiger partial charge in [-0.1, -0.05) is 24.6 Å². The maximum Gasteiger partial charge on any atom is 0.162 e. The monoisotopic (exact) mass is 255 g/mol. The molecule has 0 fully saturated rings. The highest BCUT2D eigenvalue weighted by Gasteiger charge is 2.13. The van der Waals surface area contributed by atoms with Gasteiger partial charge in [0.2, 0.25) is 0 Å². The average Bonchev–Trinajstić information content (AvgIpc) is 2.32. The SMILES string of the molecule is CCc1nc(-c2c(C)cc(C)cc2C)nc(N)c1C. The molecular formula is C16H21N3. The first-order valence-corrected chi connectivity index (χ1v) is 6.65. The molecule has 0 saturated carbocycles. The van der Waals surface area contributed by atoms with E-state index in [1.807, 2.05) is 6.92 Å². The van der Waals surface area contributed by atoms with Crippen molar-refractivity contribution in [1.29, 1.82) is 0 Å². The zero-order valence-corrected chi connectivity index (χ0v) is 12.3. The molecular weight excluding hydrogens is 234 g/mol. The van der Waals surface area contributed by atoms with Gasteiger partial charge in [0.25, 0.3) is 0 Å². The van der Waals surface area contributed by atoms with Gasteiger partial charge in [0, 0.05) is 16.8 Å². The predicted molar refractivity (Wildman–Crippen MR) is 80.2 cm³/mol. The summed E-state index contributed by atoms with van der Waals surface area (Å²) in [5, 5.41) is 0. The molecule has 0 radical (unpaired) electrons. The Morgan fingerprint density at radius 3 is 2.11 bits per heavy atom. The molecule has 3 heteroatoms. The lowest BCUT2D eigenvalue weighted by Crippen LogP contribution is -2.05. The van der Waals surface area contributed by atoms with Crippen LogP contribution in [-0.4, -0.2) is 9.97 Å². The molecule has 100 valence electrons. The molecule has 0 aliphatic heterocycles. The molecule has 0 saturated heterocycles. The Morgan fingerprint density at radius 1 is 1.00 bits per heavy atom. The number of rotatable bonds is 2. The highest BCUT2D eigenvalue weighted by molar-refractivity contribution is 5.67. The van der Waals surface area contributed by atoms with E-state index in [1.165, 1.54) is 16.7 Å². The Hall–Kier alpha value is -1.90. The van der Waals surface area contributed by atoms with Gasteiger partial charge in [0.1, 0.15) is 5.82 Å². The van der Waals surface area contributed by atoms with Crippen molar-refractivity contribution in [3.63, 3.8) is 0 Å². The van der Waals surface area contributed by atoms with E-state index in [1.54, 1.807) is 0 Å². The number of nitrogens with zero attached hydrogens (tertiary/aromatic N) is 2. The number of hydrogen-bond acceptors (Lipinski definition) is 3. The van der Waals surface area contributed by atoms with Crippen molar-refractivity contribution in [2.45, 2.75) is 41.0 Å². The van der Waals surface area contributed by atoms with Crippen LogP contribution in [0.2, 0.25) is 0 Å². The first kappa shape index (κ1) is 13.5. The lowest BCUT2D eigenvalue weighted by Gasteiger charge is -2.13. The molecule has 19 heavy (non-hydrogen) atoms. The van der Waals surface area contributed by atoms with Gasteiger partial charge in [0.15, 0.2) is 5.82 Å². The topological polar surface area (TPSA) is 51.8 Å². The van der Waals surface area contributed by atoms with Crippen LogP contribution in [0.5, 0.6) is 0 Å². The van der Waals surface area contributed by atoms with E-state index in [9.17, 15) is 0 Å². The summed E-state index contributed by atoms with van der Waals surface area (Å²) in [6.07, 6.45) is 0.871. The van der Waals surface area contributed by atoms with E-state index in [0.717, 1.165) is 29.1 Å². The van der Waals surface area contributed by atoms with E-state index in [4.69, 9.17) is 5.73 Å². The summed E-state index contributed by atoms with van der Waals surface area (Å²) >= 11 is 0. The van der Waals surface area contributed by atoms with Crippen molar-refractivity contribution in [3.8, 4) is 11.4 Å². The third-order valence-corrected chi connectivity index (χ3v) is 3.52. The third kappa shape index (κ3) is 2.46. The van der Waals surface area contributed by atoms with Gasteiger partial charge >= 0.3 is 0 Å². The number of anilines is 1. The smallest absolute Gasteiger partial charge is 0.162 e. The van der Waals surface area contributed by atoms with Crippen molar-refractivity contribution in [1.82, 2.24) is 9.97 Å². The predicted octanol–water partition coefficient (Wildman–Crippen LogP) is 3.52. The second-order valence-electron chi connectivity index (χ2n) is 5.13. The molecule has 0 amide bonds. The molecule has 0 bridgehead atoms. The Kier molecular flexibility index (Phi) is 3.56. The fraction of sp³-hybridized carbons (Fsp3) is 0.375. The number of benzene rings is 1. The Morgan fingerprint density at radius 2 is 1.58 bits per heavy atom. The number of nitrogen functional groups attached to an aromatic ring is 1. The number of aryl methyl sites for hydroxylation is 4. The van der Waals surface area contributed by atoms with Crippen LogP contribution in [0.1, 0.15) is 34.9 Å². The number of aromatic nitrogens is 2. The van der Waals surface area contributed by atoms with Crippen LogP contribution in [0, 0.1) is 27.7 Å². The number of hydrogen-bond donors (Lipinski definition) is 1. The molecule has 2 aromatic rings. The normalized spacial score (nSPS) is 10.8. The van der Waals surface area contributed by atoms with Gasteiger partial charge in [-0.15, -0.1) is 0 Å². The molecule has 0 atom stereocenters. The first-order valence-electron chi connectivity index (χ1n) is 6.65. The van der Waals surface area contributed by atoms with Crippen molar-refractivity contribution in [2.24, 2.45) is 0 Å². The van der Waals surface area contributed by atoms with Gasteiger partial charge < -0.3 is 5.73 Å². The summed E-state index contributed by atoms with van der Waals surface area (Å²) in [7, 11) is 0. The molecule has 1 heterocycles. The Labute approximate surface area is 114 Å². The maximum absolute atomic E-state index is 6.01. The van der Waals surface area contributed by atoms with E-state index in [2.05, 4.69) is 49.8 Å². The summed E-state index contributed by atoms with van der Waals surface area (Å²) in [4.78, 5) is 9.15. The minimum atomic E-state index is 0.584. The molecule has 2 rings (SSSR count). The summed E-state index contributed by atoms with van der Waals surface area (Å²) in [6, 6.07) is 4.32. The van der Waals surface area contributed by atoms with Crippen LogP contribution < -0.4 is 5.73 Å². The Bertz CT molecular complexity index is 607. The molecule has 0 unspecified atom stereocenters. The molecule has 0 aliphatic carbocycles. The second-order valence-corrected chi connectivity index (χ2v) is 5.13. The molecule has 2 N–H and O–H groups in total. The van der Waals surface area contributed by atoms with Crippen LogP contribution in [0.3, 0.4) is 0 Å². The summed E-state index contributed by atoms with van der Waals surface area (Å²) in [5.74, 6) is 1.33. The Balaban J connectivity index is 2.69. The molecule has 1 aromatic heterocycles. The number of nitrogens with two attached hydrogens (primary N) is 1. The van der Waals surface area contributed by atoms with Crippen molar-refractivity contribution >= 4 is 5.82 Å². The van der Waals surface area contributed by atoms with Crippen LogP contribution in [0.25, 0.3) is 11.4 Å². The highest BCUT2D eigenvalue weighted by Crippen LogP contribution is 2.27. The van der Waals surface area contributed by atoms with E-state index in [0.29, 0.717) is 5.82 Å². The van der Waals surface area contributed by atoms with Crippen molar-refractivity contribution < 1.29 is 0 Å². The maximum atomic E-state index is 6.01. The van der Waals surface area contributed by atoms with E-state index < -0.39 is 0 Å². The summed E-state index contributed by atoms with van der Waals surface area (Å²) < 4.78 is 0. The van der Waals surface area contributed by atoms with Gasteiger partial charge in [-0.25, -0.2) is 9.97 Å². The van der Waals surface area contributed by atoms with Crippen LogP contribution in [0.15, 0.2) is 12.1 Å². The third-order valence-electron chi connectivity index (χ3n) is 3.52. The largest absolute Gasteiger partial charge is 0.383 e. The van der Waals surface area contributed by atoms with Crippen molar-refractivity contribution in [3.05, 3.63) is 40.1 Å². The van der Waals surface area contributed by atoms with Crippen molar-refractivity contribution in [2.75, 3.05) is 5.73 Å². The van der Waals surface area contributed by atoms with Crippen LogP contribution in [-0.2, 0) is 6.42 Å². The summed E-state index contributed by atoms with van der Waals surface area (Å²) in [5.41, 5.74) is 12.8. The van der Waals surface area contributed by atoms with E-state index >= 15 is 0 Å². The molecule has 0 spiro atoms. The fourth-order valence-corrected chi connectivity index (χ4v) is 2.57. The lowest BCUT2D eigenvalue weighted by atomic mass is 9.99. The lowest BCUT2D eigenvalue weighted by molar-refractivity contribution is 0.979. The fourth-order valence-electron chi connectivity index (χ4n) is 2.57. The van der Waals surface area contributed by atoms with Gasteiger partial charge in [0.05, 0.1) is 0 Å². The standard InChI is InChI=1S/C16H21N3/c1-6-13-12(5)15(17)19-16(18-13)14-10(3)7-9(2)8-11(14)4/h7-8H,6H2,1-5H3,(H2,17,18,19). The van der Waals surface area contributed by atoms with Crippen LogP contribution in [0.4, 0.5) is 5.82 Å². The zero-order valence-electron chi connectivity index (χ0n) is 12.3. The van der Waals surface area contributed by atoms with Gasteiger partial charge in [-0.2, -0.15) is 0 Å². The van der Waals surface area contributed by atoms with Gasteiger partial charge in [-0.05, 0) is 45.2 Å². The molecule has 0 aliphatic rings. The molecule has 3 nitrogen and oxygen atoms in total. The van der Waals surface area contributed by atoms with E-state index in [-0.39, 0.29) is 0 Å². The zero-order chi connectivity index (χ0) is 14.2. The average molecular weight is 255 g/mol. The minimum Gasteiger partial charge on any atom is -0.383 e. The first-order chi connectivity index (χ1) is 8.93. The minimum absolute atomic E-state index is 0.584. The van der Waals surface area contributed by atoms with Gasteiger partial charge in [-0.3, -0.25) is 0 Å².